The standard InChI is InChI=1S/C15H23N3O3S.ClH/c1-10-6-7-13(9-14(10)22(20,21)17-2)18-15(19)11-4-3-5-12(16)8-11;/h6-7,9,11-12,17H,3-5,8,16H2,1-2H3,(H,18,19);1H. The van der Waals surface area contributed by atoms with E-state index in [1.54, 1.807) is 19.1 Å². The number of benzene rings is 1. The first-order chi connectivity index (χ1) is 10.3. The molecule has 23 heavy (non-hydrogen) atoms. The zero-order valence-electron chi connectivity index (χ0n) is 13.3. The fourth-order valence-corrected chi connectivity index (χ4v) is 3.78. The SMILES string of the molecule is CNS(=O)(=O)c1cc(NC(=O)C2CCCC(N)C2)ccc1C.Cl. The summed E-state index contributed by atoms with van der Waals surface area (Å²) in [4.78, 5) is 12.5. The Hall–Kier alpha value is -1.15. The lowest BCUT2D eigenvalue weighted by Gasteiger charge is -2.25. The van der Waals surface area contributed by atoms with Crippen LogP contribution in [0.2, 0.25) is 0 Å². The van der Waals surface area contributed by atoms with Gasteiger partial charge in [-0.05, 0) is 50.9 Å². The van der Waals surface area contributed by atoms with Gasteiger partial charge in [0.2, 0.25) is 15.9 Å². The number of amides is 1. The summed E-state index contributed by atoms with van der Waals surface area (Å²) in [5.41, 5.74) is 7.03. The summed E-state index contributed by atoms with van der Waals surface area (Å²) in [5.74, 6) is -0.193. The van der Waals surface area contributed by atoms with E-state index in [9.17, 15) is 13.2 Å². The van der Waals surface area contributed by atoms with E-state index >= 15 is 0 Å². The number of aryl methyl sites for hydroxylation is 1. The van der Waals surface area contributed by atoms with Gasteiger partial charge in [0, 0.05) is 17.6 Å². The van der Waals surface area contributed by atoms with Gasteiger partial charge in [0.25, 0.3) is 0 Å². The van der Waals surface area contributed by atoms with Crippen LogP contribution < -0.4 is 15.8 Å². The highest BCUT2D eigenvalue weighted by Crippen LogP contribution is 2.25. The predicted molar refractivity (Wildman–Crippen MR) is 93.2 cm³/mol. The largest absolute Gasteiger partial charge is 0.328 e. The third-order valence-electron chi connectivity index (χ3n) is 4.10. The van der Waals surface area contributed by atoms with E-state index in [0.717, 1.165) is 19.3 Å². The first-order valence-electron chi connectivity index (χ1n) is 7.44. The Morgan fingerprint density at radius 1 is 1.30 bits per heavy atom. The van der Waals surface area contributed by atoms with Crippen LogP contribution in [0.3, 0.4) is 0 Å². The summed E-state index contributed by atoms with van der Waals surface area (Å²) in [7, 11) is -2.18. The van der Waals surface area contributed by atoms with Gasteiger partial charge in [0.15, 0.2) is 0 Å². The molecular weight excluding hydrogens is 338 g/mol. The molecule has 2 rings (SSSR count). The zero-order valence-corrected chi connectivity index (χ0v) is 15.0. The summed E-state index contributed by atoms with van der Waals surface area (Å²) in [6, 6.07) is 4.96. The smallest absolute Gasteiger partial charge is 0.240 e. The average Bonchev–Trinajstić information content (AvgIpc) is 2.49. The van der Waals surface area contributed by atoms with Gasteiger partial charge in [-0.25, -0.2) is 13.1 Å². The second kappa shape index (κ2) is 8.10. The van der Waals surface area contributed by atoms with E-state index in [1.165, 1.54) is 13.1 Å². The van der Waals surface area contributed by atoms with Crippen LogP contribution in [0.5, 0.6) is 0 Å². The van der Waals surface area contributed by atoms with Crippen molar-refractivity contribution in [3.63, 3.8) is 0 Å². The molecule has 1 amide bonds. The van der Waals surface area contributed by atoms with Crippen LogP contribution in [0.1, 0.15) is 31.2 Å². The van der Waals surface area contributed by atoms with Crippen LogP contribution in [0.25, 0.3) is 0 Å². The lowest BCUT2D eigenvalue weighted by atomic mass is 9.85. The van der Waals surface area contributed by atoms with Gasteiger partial charge in [0.1, 0.15) is 0 Å². The fourth-order valence-electron chi connectivity index (χ4n) is 2.79. The zero-order chi connectivity index (χ0) is 16.3. The van der Waals surface area contributed by atoms with E-state index in [1.807, 2.05) is 0 Å². The minimum atomic E-state index is -3.54. The van der Waals surface area contributed by atoms with Crippen LogP contribution in [0.4, 0.5) is 5.69 Å². The van der Waals surface area contributed by atoms with Crippen molar-refractivity contribution < 1.29 is 13.2 Å². The summed E-state index contributed by atoms with van der Waals surface area (Å²) < 4.78 is 26.2. The highest BCUT2D eigenvalue weighted by Gasteiger charge is 2.25. The molecule has 2 atom stereocenters. The maximum atomic E-state index is 12.3. The monoisotopic (exact) mass is 361 g/mol. The van der Waals surface area contributed by atoms with Crippen molar-refractivity contribution in [2.75, 3.05) is 12.4 Å². The Kier molecular flexibility index (Phi) is 7.01. The Morgan fingerprint density at radius 2 is 2.00 bits per heavy atom. The van der Waals surface area contributed by atoms with E-state index in [2.05, 4.69) is 10.0 Å². The van der Waals surface area contributed by atoms with Crippen LogP contribution >= 0.6 is 12.4 Å². The third kappa shape index (κ3) is 4.91. The Bertz CT molecular complexity index is 664. The van der Waals surface area contributed by atoms with Gasteiger partial charge in [-0.3, -0.25) is 4.79 Å². The summed E-state index contributed by atoms with van der Waals surface area (Å²) >= 11 is 0. The van der Waals surface area contributed by atoms with Gasteiger partial charge >= 0.3 is 0 Å². The molecule has 1 fully saturated rings. The third-order valence-corrected chi connectivity index (χ3v) is 5.66. The molecule has 0 radical (unpaired) electrons. The van der Waals surface area contributed by atoms with Crippen molar-refractivity contribution in [1.29, 1.82) is 0 Å². The summed E-state index contributed by atoms with van der Waals surface area (Å²) in [5, 5.41) is 2.81. The number of nitrogens with one attached hydrogen (secondary N) is 2. The van der Waals surface area contributed by atoms with Gasteiger partial charge in [-0.1, -0.05) is 12.5 Å². The van der Waals surface area contributed by atoms with Crippen molar-refractivity contribution in [3.8, 4) is 0 Å². The highest BCUT2D eigenvalue weighted by molar-refractivity contribution is 7.89. The normalized spacial score (nSPS) is 21.3. The van der Waals surface area contributed by atoms with Crippen LogP contribution in [-0.2, 0) is 14.8 Å². The number of rotatable bonds is 4. The van der Waals surface area contributed by atoms with Crippen LogP contribution in [0, 0.1) is 12.8 Å². The number of hydrogen-bond acceptors (Lipinski definition) is 4. The minimum Gasteiger partial charge on any atom is -0.328 e. The second-order valence-corrected chi connectivity index (χ2v) is 7.66. The molecular formula is C15H24ClN3O3S. The van der Waals surface area contributed by atoms with Crippen LogP contribution in [-0.4, -0.2) is 27.4 Å². The summed E-state index contributed by atoms with van der Waals surface area (Å²) in [6.45, 7) is 1.72. The predicted octanol–water partition coefficient (Wildman–Crippen LogP) is 1.78. The first-order valence-corrected chi connectivity index (χ1v) is 8.92. The lowest BCUT2D eigenvalue weighted by molar-refractivity contribution is -0.120. The number of carbonyl (C=O) groups is 1. The minimum absolute atomic E-state index is 0. The van der Waals surface area contributed by atoms with E-state index < -0.39 is 10.0 Å². The van der Waals surface area contributed by atoms with Gasteiger partial charge in [0.05, 0.1) is 4.90 Å². The average molecular weight is 362 g/mol. The highest BCUT2D eigenvalue weighted by atomic mass is 35.5. The van der Waals surface area contributed by atoms with Crippen molar-refractivity contribution in [3.05, 3.63) is 23.8 Å². The maximum absolute atomic E-state index is 12.3. The maximum Gasteiger partial charge on any atom is 0.240 e. The number of sulfonamides is 1. The molecule has 130 valence electrons. The van der Waals surface area contributed by atoms with Crippen molar-refractivity contribution in [2.45, 2.75) is 43.5 Å². The molecule has 1 saturated carbocycles. The number of anilines is 1. The molecule has 0 aromatic heterocycles. The molecule has 0 spiro atoms. The molecule has 1 aliphatic carbocycles. The molecule has 0 heterocycles. The van der Waals surface area contributed by atoms with Gasteiger partial charge in [-0.2, -0.15) is 0 Å². The van der Waals surface area contributed by atoms with Crippen LogP contribution in [0.15, 0.2) is 23.1 Å². The second-order valence-electron chi connectivity index (χ2n) is 5.80. The van der Waals surface area contributed by atoms with Crippen molar-refractivity contribution in [2.24, 2.45) is 11.7 Å². The van der Waals surface area contributed by atoms with Gasteiger partial charge in [-0.15, -0.1) is 12.4 Å². The molecule has 0 saturated heterocycles. The molecule has 2 unspecified atom stereocenters. The number of nitrogens with two attached hydrogens (primary N) is 1. The Balaban J connectivity index is 0.00000264. The van der Waals surface area contributed by atoms with Gasteiger partial charge < -0.3 is 11.1 Å². The quantitative estimate of drug-likeness (QED) is 0.760. The fraction of sp³-hybridized carbons (Fsp3) is 0.533. The molecule has 1 aromatic rings. The summed E-state index contributed by atoms with van der Waals surface area (Å²) in [6.07, 6.45) is 3.41. The molecule has 6 nitrogen and oxygen atoms in total. The number of halogens is 1. The van der Waals surface area contributed by atoms with E-state index in [-0.39, 0.29) is 35.2 Å². The molecule has 8 heteroatoms. The molecule has 0 aliphatic heterocycles. The molecule has 4 N–H and O–H groups in total. The lowest BCUT2D eigenvalue weighted by Crippen LogP contribution is -2.34. The van der Waals surface area contributed by atoms with Crippen molar-refractivity contribution >= 4 is 34.0 Å². The topological polar surface area (TPSA) is 101 Å². The Labute approximate surface area is 143 Å². The molecule has 1 aromatic carbocycles. The Morgan fingerprint density at radius 3 is 2.61 bits per heavy atom. The van der Waals surface area contributed by atoms with E-state index in [4.69, 9.17) is 5.73 Å². The number of hydrogen-bond donors (Lipinski definition) is 3. The molecule has 1 aliphatic rings. The first kappa shape index (κ1) is 19.9. The molecule has 0 bridgehead atoms. The van der Waals surface area contributed by atoms with Crippen molar-refractivity contribution in [1.82, 2.24) is 4.72 Å². The van der Waals surface area contributed by atoms with E-state index in [0.29, 0.717) is 17.7 Å². The number of carbonyl (C=O) groups excluding carboxylic acids is 1.